The van der Waals surface area contributed by atoms with Crippen LogP contribution in [0.15, 0.2) is 84.3 Å². The van der Waals surface area contributed by atoms with Gasteiger partial charge in [-0.2, -0.15) is 5.10 Å². The molecule has 34 heavy (non-hydrogen) atoms. The first-order chi connectivity index (χ1) is 16.2. The van der Waals surface area contributed by atoms with E-state index in [1.54, 1.807) is 54.3 Å². The van der Waals surface area contributed by atoms with E-state index < -0.39 is 10.0 Å². The molecule has 0 fully saturated rings. The summed E-state index contributed by atoms with van der Waals surface area (Å²) in [5.74, 6) is -0.382. The maximum atomic E-state index is 13.1. The number of hydrogen-bond acceptors (Lipinski definition) is 5. The lowest BCUT2D eigenvalue weighted by Crippen LogP contribution is -2.28. The Morgan fingerprint density at radius 1 is 1.00 bits per heavy atom. The Kier molecular flexibility index (Phi) is 6.47. The van der Waals surface area contributed by atoms with E-state index in [-0.39, 0.29) is 28.1 Å². The first-order valence-corrected chi connectivity index (χ1v) is 12.2. The van der Waals surface area contributed by atoms with Crippen LogP contribution in [0.4, 0.5) is 5.69 Å². The van der Waals surface area contributed by atoms with Gasteiger partial charge >= 0.3 is 0 Å². The van der Waals surface area contributed by atoms with Crippen molar-refractivity contribution >= 4 is 21.6 Å². The molecular weight excluding hydrogens is 450 g/mol. The molecule has 1 aromatic heterocycles. The Bertz CT molecular complexity index is 1420. The molecular formula is C25H25N5O3S. The fourth-order valence-electron chi connectivity index (χ4n) is 3.58. The predicted octanol–water partition coefficient (Wildman–Crippen LogP) is 4.18. The van der Waals surface area contributed by atoms with E-state index in [9.17, 15) is 13.2 Å². The maximum Gasteiger partial charge on any atom is 0.262 e. The van der Waals surface area contributed by atoms with Crippen molar-refractivity contribution in [1.29, 1.82) is 0 Å². The number of anilines is 1. The summed E-state index contributed by atoms with van der Waals surface area (Å²) in [4.78, 5) is 17.2. The van der Waals surface area contributed by atoms with Crippen molar-refractivity contribution in [1.82, 2.24) is 20.1 Å². The average Bonchev–Trinajstić information content (AvgIpc) is 3.36. The van der Waals surface area contributed by atoms with E-state index in [4.69, 9.17) is 0 Å². The summed E-state index contributed by atoms with van der Waals surface area (Å²) in [6, 6.07) is 19.1. The van der Waals surface area contributed by atoms with Crippen LogP contribution in [0.2, 0.25) is 0 Å². The maximum absolute atomic E-state index is 13.1. The molecule has 174 valence electrons. The minimum Gasteiger partial charge on any atom is -0.345 e. The molecule has 0 radical (unpaired) electrons. The zero-order valence-corrected chi connectivity index (χ0v) is 19.9. The van der Waals surface area contributed by atoms with Crippen LogP contribution in [0.25, 0.3) is 5.69 Å². The zero-order valence-electron chi connectivity index (χ0n) is 19.1. The Morgan fingerprint density at radius 2 is 1.74 bits per heavy atom. The molecule has 8 nitrogen and oxygen atoms in total. The van der Waals surface area contributed by atoms with E-state index in [1.165, 1.54) is 6.33 Å². The normalized spacial score (nSPS) is 12.2. The third-order valence-corrected chi connectivity index (χ3v) is 6.98. The second-order valence-corrected chi connectivity index (χ2v) is 9.70. The Hall–Kier alpha value is -3.98. The Morgan fingerprint density at radius 3 is 2.44 bits per heavy atom. The first-order valence-electron chi connectivity index (χ1n) is 10.7. The fourth-order valence-corrected chi connectivity index (χ4v) is 4.99. The molecule has 1 atom stereocenters. The van der Waals surface area contributed by atoms with Crippen LogP contribution in [-0.2, 0) is 10.0 Å². The minimum atomic E-state index is -3.87. The van der Waals surface area contributed by atoms with E-state index >= 15 is 0 Å². The number of aryl methyl sites for hydroxylation is 2. The van der Waals surface area contributed by atoms with E-state index in [2.05, 4.69) is 20.1 Å². The summed E-state index contributed by atoms with van der Waals surface area (Å²) < 4.78 is 30.4. The number of aromatic nitrogens is 3. The third kappa shape index (κ3) is 4.99. The van der Waals surface area contributed by atoms with Gasteiger partial charge in [-0.05, 0) is 67.8 Å². The second kappa shape index (κ2) is 9.48. The van der Waals surface area contributed by atoms with Crippen molar-refractivity contribution in [2.75, 3.05) is 4.72 Å². The van der Waals surface area contributed by atoms with Crippen molar-refractivity contribution in [3.8, 4) is 5.69 Å². The van der Waals surface area contributed by atoms with E-state index in [0.717, 1.165) is 16.8 Å². The van der Waals surface area contributed by atoms with E-state index in [1.807, 2.05) is 44.2 Å². The van der Waals surface area contributed by atoms with Gasteiger partial charge in [-0.3, -0.25) is 9.52 Å². The molecule has 3 aromatic carbocycles. The van der Waals surface area contributed by atoms with Crippen molar-refractivity contribution in [3.63, 3.8) is 0 Å². The monoisotopic (exact) mass is 475 g/mol. The third-order valence-electron chi connectivity index (χ3n) is 5.47. The number of nitrogens with zero attached hydrogens (tertiary/aromatic N) is 3. The van der Waals surface area contributed by atoms with Gasteiger partial charge in [0.05, 0.1) is 27.9 Å². The molecule has 1 amide bonds. The largest absolute Gasteiger partial charge is 0.345 e. The van der Waals surface area contributed by atoms with Gasteiger partial charge in [0.15, 0.2) is 0 Å². The van der Waals surface area contributed by atoms with Crippen LogP contribution >= 0.6 is 0 Å². The van der Waals surface area contributed by atoms with E-state index in [0.29, 0.717) is 5.56 Å². The predicted molar refractivity (Wildman–Crippen MR) is 130 cm³/mol. The number of sulfonamides is 1. The van der Waals surface area contributed by atoms with Gasteiger partial charge in [-0.15, -0.1) is 0 Å². The van der Waals surface area contributed by atoms with Gasteiger partial charge in [0.25, 0.3) is 15.9 Å². The van der Waals surface area contributed by atoms with Gasteiger partial charge in [0, 0.05) is 0 Å². The number of hydrogen-bond donors (Lipinski definition) is 2. The summed E-state index contributed by atoms with van der Waals surface area (Å²) in [6.07, 6.45) is 3.07. The van der Waals surface area contributed by atoms with Crippen LogP contribution in [0.5, 0.6) is 0 Å². The van der Waals surface area contributed by atoms with Gasteiger partial charge in [-0.1, -0.05) is 36.4 Å². The standard InChI is InChI=1S/C25H25N5O3S/c1-17-8-9-18(2)24(14-17)34(32,33)29-23-7-5-4-6-22(23)25(31)28-19(3)20-10-12-21(13-11-20)30-16-26-15-27-30/h4-16,19,29H,1-3H3,(H,28,31). The zero-order chi connectivity index (χ0) is 24.3. The number of nitrogens with one attached hydrogen (secondary N) is 2. The highest BCUT2D eigenvalue weighted by molar-refractivity contribution is 7.92. The SMILES string of the molecule is Cc1ccc(C)c(S(=O)(=O)Nc2ccccc2C(=O)NC(C)c2ccc(-n3cncn3)cc2)c1. The lowest BCUT2D eigenvalue weighted by molar-refractivity contribution is 0.0941. The van der Waals surface area contributed by atoms with Gasteiger partial charge in [0.1, 0.15) is 12.7 Å². The average molecular weight is 476 g/mol. The molecule has 0 aliphatic rings. The van der Waals surface area contributed by atoms with Gasteiger partial charge in [-0.25, -0.2) is 18.1 Å². The Labute approximate surface area is 198 Å². The Balaban J connectivity index is 1.53. The van der Waals surface area contributed by atoms with Crippen LogP contribution < -0.4 is 10.0 Å². The smallest absolute Gasteiger partial charge is 0.262 e. The highest BCUT2D eigenvalue weighted by atomic mass is 32.2. The van der Waals surface area contributed by atoms with Crippen LogP contribution in [0.1, 0.15) is 40.0 Å². The summed E-state index contributed by atoms with van der Waals surface area (Å²) in [7, 11) is -3.87. The quantitative estimate of drug-likeness (QED) is 0.417. The van der Waals surface area contributed by atoms with Crippen LogP contribution in [0.3, 0.4) is 0 Å². The van der Waals surface area contributed by atoms with Crippen LogP contribution in [-0.4, -0.2) is 29.1 Å². The number of carbonyl (C=O) groups is 1. The summed E-state index contributed by atoms with van der Waals surface area (Å²) in [5, 5.41) is 7.04. The number of rotatable bonds is 7. The van der Waals surface area contributed by atoms with Gasteiger partial charge < -0.3 is 5.32 Å². The summed E-state index contributed by atoms with van der Waals surface area (Å²) in [6.45, 7) is 5.44. The molecule has 1 unspecified atom stereocenters. The molecule has 4 rings (SSSR count). The molecule has 9 heteroatoms. The molecule has 0 saturated carbocycles. The molecule has 0 bridgehead atoms. The molecule has 0 aliphatic carbocycles. The second-order valence-electron chi connectivity index (χ2n) is 8.05. The minimum absolute atomic E-state index is 0.184. The molecule has 4 aromatic rings. The van der Waals surface area contributed by atoms with Crippen molar-refractivity contribution < 1.29 is 13.2 Å². The molecule has 2 N–H and O–H groups in total. The lowest BCUT2D eigenvalue weighted by Gasteiger charge is -2.17. The summed E-state index contributed by atoms with van der Waals surface area (Å²) in [5.41, 5.74) is 3.66. The topological polar surface area (TPSA) is 106 Å². The summed E-state index contributed by atoms with van der Waals surface area (Å²) >= 11 is 0. The fraction of sp³-hybridized carbons (Fsp3) is 0.160. The lowest BCUT2D eigenvalue weighted by atomic mass is 10.1. The molecule has 0 saturated heterocycles. The highest BCUT2D eigenvalue weighted by Crippen LogP contribution is 2.24. The van der Waals surface area contributed by atoms with Gasteiger partial charge in [0.2, 0.25) is 0 Å². The number of amides is 1. The first kappa shape index (κ1) is 23.2. The number of carbonyl (C=O) groups excluding carboxylic acids is 1. The molecule has 0 spiro atoms. The van der Waals surface area contributed by atoms with Crippen molar-refractivity contribution in [2.45, 2.75) is 31.7 Å². The number of para-hydroxylation sites is 1. The highest BCUT2D eigenvalue weighted by Gasteiger charge is 2.21. The van der Waals surface area contributed by atoms with Crippen molar-refractivity contribution in [3.05, 3.63) is 102 Å². The molecule has 1 heterocycles. The van der Waals surface area contributed by atoms with Crippen molar-refractivity contribution in [2.24, 2.45) is 0 Å². The molecule has 0 aliphatic heterocycles. The van der Waals surface area contributed by atoms with Crippen LogP contribution in [0, 0.1) is 13.8 Å². The number of benzene rings is 3.